The van der Waals surface area contributed by atoms with E-state index in [1.165, 1.54) is 19.1 Å². The summed E-state index contributed by atoms with van der Waals surface area (Å²) in [6.45, 7) is 1.82. The lowest BCUT2D eigenvalue weighted by molar-refractivity contribution is -0.151. The van der Waals surface area contributed by atoms with E-state index in [4.69, 9.17) is 9.47 Å². The quantitative estimate of drug-likeness (QED) is 0.838. The Morgan fingerprint density at radius 1 is 1.19 bits per heavy atom. The Kier molecular flexibility index (Phi) is 5.31. The predicted octanol–water partition coefficient (Wildman–Crippen LogP) is 2.85. The molecule has 0 fully saturated rings. The number of esters is 1. The van der Waals surface area contributed by atoms with Gasteiger partial charge in [0.15, 0.2) is 6.10 Å². The van der Waals surface area contributed by atoms with Gasteiger partial charge in [0.1, 0.15) is 18.2 Å². The van der Waals surface area contributed by atoms with Crippen LogP contribution in [0.25, 0.3) is 6.08 Å². The first-order valence-corrected chi connectivity index (χ1v) is 8.18. The van der Waals surface area contributed by atoms with Crippen molar-refractivity contribution in [3.8, 4) is 5.75 Å². The number of ether oxygens (including phenoxy) is 2. The Morgan fingerprint density at radius 3 is 2.69 bits per heavy atom. The summed E-state index contributed by atoms with van der Waals surface area (Å²) in [6.07, 6.45) is 0.741. The number of para-hydroxylation sites is 1. The van der Waals surface area contributed by atoms with Crippen LogP contribution >= 0.6 is 0 Å². The zero-order chi connectivity index (χ0) is 18.5. The van der Waals surface area contributed by atoms with Crippen LogP contribution in [-0.2, 0) is 20.9 Å². The second kappa shape index (κ2) is 7.82. The highest BCUT2D eigenvalue weighted by molar-refractivity contribution is 5.96. The number of halogens is 1. The fourth-order valence-corrected chi connectivity index (χ4v) is 2.46. The summed E-state index contributed by atoms with van der Waals surface area (Å²) in [6, 6.07) is 13.1. The van der Waals surface area contributed by atoms with E-state index in [-0.39, 0.29) is 19.0 Å². The fourth-order valence-electron chi connectivity index (χ4n) is 2.46. The summed E-state index contributed by atoms with van der Waals surface area (Å²) >= 11 is 0. The molecule has 1 unspecified atom stereocenters. The minimum Gasteiger partial charge on any atom is -0.488 e. The van der Waals surface area contributed by atoms with Crippen molar-refractivity contribution < 1.29 is 23.5 Å². The van der Waals surface area contributed by atoms with Gasteiger partial charge in [-0.05, 0) is 36.8 Å². The van der Waals surface area contributed by atoms with Crippen LogP contribution in [0.5, 0.6) is 5.75 Å². The molecule has 134 valence electrons. The topological polar surface area (TPSA) is 64.6 Å². The number of amides is 1. The van der Waals surface area contributed by atoms with Gasteiger partial charge < -0.3 is 14.8 Å². The largest absolute Gasteiger partial charge is 0.488 e. The average Bonchev–Trinajstić information content (AvgIpc) is 2.66. The average molecular weight is 355 g/mol. The first kappa shape index (κ1) is 17.7. The molecule has 0 aromatic heterocycles. The van der Waals surface area contributed by atoms with Crippen LogP contribution in [0.2, 0.25) is 0 Å². The molecule has 0 aliphatic carbocycles. The molecule has 1 amide bonds. The number of nitrogens with one attached hydrogen (secondary N) is 1. The van der Waals surface area contributed by atoms with E-state index >= 15 is 0 Å². The van der Waals surface area contributed by atoms with E-state index < -0.39 is 18.0 Å². The van der Waals surface area contributed by atoms with Crippen LogP contribution in [0, 0.1) is 5.82 Å². The molecule has 6 heteroatoms. The predicted molar refractivity (Wildman–Crippen MR) is 93.7 cm³/mol. The Hall–Kier alpha value is -3.15. The van der Waals surface area contributed by atoms with Crippen molar-refractivity contribution in [2.45, 2.75) is 19.6 Å². The van der Waals surface area contributed by atoms with Gasteiger partial charge in [0.2, 0.25) is 0 Å². The highest BCUT2D eigenvalue weighted by Gasteiger charge is 2.23. The molecule has 0 bridgehead atoms. The van der Waals surface area contributed by atoms with E-state index in [2.05, 4.69) is 5.32 Å². The van der Waals surface area contributed by atoms with Gasteiger partial charge in [0.05, 0.1) is 5.57 Å². The van der Waals surface area contributed by atoms with E-state index in [9.17, 15) is 14.0 Å². The smallest absolute Gasteiger partial charge is 0.338 e. The molecule has 3 rings (SSSR count). The maximum Gasteiger partial charge on any atom is 0.338 e. The maximum atomic E-state index is 12.9. The molecule has 5 nitrogen and oxygen atoms in total. The third-order valence-corrected chi connectivity index (χ3v) is 3.93. The monoisotopic (exact) mass is 355 g/mol. The summed E-state index contributed by atoms with van der Waals surface area (Å²) in [4.78, 5) is 24.3. The van der Waals surface area contributed by atoms with E-state index in [0.717, 1.165) is 11.1 Å². The number of hydrogen-bond acceptors (Lipinski definition) is 4. The van der Waals surface area contributed by atoms with Gasteiger partial charge in [-0.1, -0.05) is 30.3 Å². The molecule has 2 aromatic rings. The minimum absolute atomic E-state index is 0.0970. The molecule has 1 heterocycles. The number of carbonyl (C=O) groups excluding carboxylic acids is 2. The summed E-state index contributed by atoms with van der Waals surface area (Å²) in [5, 5.41) is 2.65. The van der Waals surface area contributed by atoms with Crippen molar-refractivity contribution in [3.05, 3.63) is 71.0 Å². The van der Waals surface area contributed by atoms with Crippen molar-refractivity contribution in [2.24, 2.45) is 0 Å². The number of carbonyl (C=O) groups is 2. The number of rotatable bonds is 5. The molecule has 26 heavy (non-hydrogen) atoms. The second-order valence-electron chi connectivity index (χ2n) is 5.89. The Bertz CT molecular complexity index is 845. The van der Waals surface area contributed by atoms with E-state index in [0.29, 0.717) is 11.3 Å². The van der Waals surface area contributed by atoms with Gasteiger partial charge in [-0.25, -0.2) is 9.18 Å². The van der Waals surface area contributed by atoms with Crippen molar-refractivity contribution >= 4 is 18.0 Å². The van der Waals surface area contributed by atoms with Gasteiger partial charge in [-0.15, -0.1) is 0 Å². The van der Waals surface area contributed by atoms with E-state index in [1.54, 1.807) is 18.2 Å². The van der Waals surface area contributed by atoms with Gasteiger partial charge >= 0.3 is 5.97 Å². The molecule has 1 atom stereocenters. The minimum atomic E-state index is -0.957. The van der Waals surface area contributed by atoms with Gasteiger partial charge in [0.25, 0.3) is 5.91 Å². The molecular formula is C20H18FNO4. The maximum absolute atomic E-state index is 12.9. The number of benzene rings is 2. The molecule has 0 saturated carbocycles. The van der Waals surface area contributed by atoms with Crippen molar-refractivity contribution in [3.63, 3.8) is 0 Å². The Balaban J connectivity index is 1.54. The molecule has 2 aromatic carbocycles. The summed E-state index contributed by atoms with van der Waals surface area (Å²) < 4.78 is 23.6. The van der Waals surface area contributed by atoms with Crippen molar-refractivity contribution in [2.75, 3.05) is 6.61 Å². The zero-order valence-electron chi connectivity index (χ0n) is 14.2. The van der Waals surface area contributed by atoms with Gasteiger partial charge in [-0.3, -0.25) is 4.79 Å². The van der Waals surface area contributed by atoms with Crippen LogP contribution < -0.4 is 10.1 Å². The molecule has 0 saturated heterocycles. The molecule has 1 N–H and O–H groups in total. The Morgan fingerprint density at radius 2 is 1.92 bits per heavy atom. The van der Waals surface area contributed by atoms with Gasteiger partial charge in [0, 0.05) is 12.1 Å². The highest BCUT2D eigenvalue weighted by Crippen LogP contribution is 2.26. The molecule has 0 radical (unpaired) electrons. The molecular weight excluding hydrogens is 337 g/mol. The first-order chi connectivity index (χ1) is 12.5. The lowest BCUT2D eigenvalue weighted by Crippen LogP contribution is -2.36. The van der Waals surface area contributed by atoms with Crippen LogP contribution in [0.15, 0.2) is 54.1 Å². The number of hydrogen-bond donors (Lipinski definition) is 1. The summed E-state index contributed by atoms with van der Waals surface area (Å²) in [7, 11) is 0. The lowest BCUT2D eigenvalue weighted by Gasteiger charge is -2.19. The molecule has 0 spiro atoms. The van der Waals surface area contributed by atoms with Crippen LogP contribution in [0.3, 0.4) is 0 Å². The highest BCUT2D eigenvalue weighted by atomic mass is 19.1. The molecule has 1 aliphatic heterocycles. The van der Waals surface area contributed by atoms with Gasteiger partial charge in [-0.2, -0.15) is 0 Å². The van der Waals surface area contributed by atoms with Crippen LogP contribution in [0.1, 0.15) is 18.1 Å². The summed E-state index contributed by atoms with van der Waals surface area (Å²) in [5.74, 6) is -0.662. The Labute approximate surface area is 150 Å². The molecule has 1 aliphatic rings. The van der Waals surface area contributed by atoms with Crippen molar-refractivity contribution in [1.82, 2.24) is 5.32 Å². The number of fused-ring (bicyclic) bond motifs is 1. The third kappa shape index (κ3) is 4.27. The van der Waals surface area contributed by atoms with Crippen LogP contribution in [-0.4, -0.2) is 24.6 Å². The summed E-state index contributed by atoms with van der Waals surface area (Å²) in [5.41, 5.74) is 1.89. The van der Waals surface area contributed by atoms with Crippen molar-refractivity contribution in [1.29, 1.82) is 0 Å². The standard InChI is InChI=1S/C20H18FNO4/c1-13(19(23)22-11-14-6-8-17(21)9-7-14)26-20(24)16-10-15-4-2-3-5-18(15)25-12-16/h2-10,13H,11-12H2,1H3,(H,22,23). The fraction of sp³-hybridized carbons (Fsp3) is 0.200. The normalized spacial score (nSPS) is 13.7. The SMILES string of the molecule is CC(OC(=O)C1=Cc2ccccc2OC1)C(=O)NCc1ccc(F)cc1. The second-order valence-corrected chi connectivity index (χ2v) is 5.89. The first-order valence-electron chi connectivity index (χ1n) is 8.18. The van der Waals surface area contributed by atoms with Crippen LogP contribution in [0.4, 0.5) is 4.39 Å². The lowest BCUT2D eigenvalue weighted by atomic mass is 10.1. The third-order valence-electron chi connectivity index (χ3n) is 3.93. The zero-order valence-corrected chi connectivity index (χ0v) is 14.2. The van der Waals surface area contributed by atoms with E-state index in [1.807, 2.05) is 24.3 Å².